The van der Waals surface area contributed by atoms with Gasteiger partial charge in [-0.05, 0) is 42.0 Å². The van der Waals surface area contributed by atoms with Crippen LogP contribution < -0.4 is 10.1 Å². The lowest BCUT2D eigenvalue weighted by Gasteiger charge is -2.22. The number of ether oxygens (including phenoxy) is 1. The van der Waals surface area contributed by atoms with Crippen LogP contribution in [0.3, 0.4) is 0 Å². The van der Waals surface area contributed by atoms with E-state index in [1.54, 1.807) is 30.3 Å². The molecule has 3 rings (SSSR count). The molecular weight excluding hydrogens is 504 g/mol. The average molecular weight is 524 g/mol. The van der Waals surface area contributed by atoms with E-state index in [0.29, 0.717) is 11.4 Å². The van der Waals surface area contributed by atoms with Crippen LogP contribution in [0.2, 0.25) is 5.02 Å². The molecule has 0 fully saturated rings. The molecule has 0 saturated carbocycles. The van der Waals surface area contributed by atoms with Gasteiger partial charge in [-0.25, -0.2) is 8.42 Å². The fraction of sp³-hybridized carbons (Fsp3) is 0.136. The number of nitrogens with one attached hydrogen (secondary N) is 1. The van der Waals surface area contributed by atoms with Crippen molar-refractivity contribution in [3.05, 3.63) is 87.9 Å². The Morgan fingerprint density at radius 1 is 1.06 bits per heavy atom. The summed E-state index contributed by atoms with van der Waals surface area (Å²) in [5.41, 5.74) is 1.31. The van der Waals surface area contributed by atoms with Crippen molar-refractivity contribution in [1.29, 1.82) is 0 Å². The minimum atomic E-state index is -4.02. The van der Waals surface area contributed by atoms with Gasteiger partial charge in [-0.1, -0.05) is 63.9 Å². The molecule has 0 heterocycles. The molecule has 0 aliphatic rings. The first-order chi connectivity index (χ1) is 14.8. The summed E-state index contributed by atoms with van der Waals surface area (Å²) in [5, 5.41) is 2.90. The van der Waals surface area contributed by atoms with Crippen LogP contribution in [0.1, 0.15) is 5.56 Å². The molecule has 162 valence electrons. The maximum absolute atomic E-state index is 13.4. The predicted molar refractivity (Wildman–Crippen MR) is 125 cm³/mol. The second kappa shape index (κ2) is 10.3. The molecule has 1 N–H and O–H groups in total. The molecule has 3 aromatic carbocycles. The molecule has 0 bridgehead atoms. The van der Waals surface area contributed by atoms with E-state index in [1.165, 1.54) is 25.3 Å². The first-order valence-electron chi connectivity index (χ1n) is 9.22. The second-order valence-electron chi connectivity index (χ2n) is 6.61. The number of anilines is 1. The molecule has 0 aromatic heterocycles. The van der Waals surface area contributed by atoms with Gasteiger partial charge in [0.2, 0.25) is 15.9 Å². The first-order valence-corrected chi connectivity index (χ1v) is 11.8. The lowest BCUT2D eigenvalue weighted by molar-refractivity contribution is -0.116. The van der Waals surface area contributed by atoms with Crippen LogP contribution in [0.5, 0.6) is 5.75 Å². The lowest BCUT2D eigenvalue weighted by Crippen LogP contribution is -2.37. The maximum Gasteiger partial charge on any atom is 0.243 e. The number of carbonyl (C=O) groups is 1. The van der Waals surface area contributed by atoms with Crippen LogP contribution in [0.25, 0.3) is 0 Å². The number of hydrogen-bond acceptors (Lipinski definition) is 4. The summed E-state index contributed by atoms with van der Waals surface area (Å²) in [6.45, 7) is -0.341. The lowest BCUT2D eigenvalue weighted by atomic mass is 10.2. The molecule has 9 heteroatoms. The van der Waals surface area contributed by atoms with Gasteiger partial charge in [-0.3, -0.25) is 4.79 Å². The highest BCUT2D eigenvalue weighted by Gasteiger charge is 2.28. The highest BCUT2D eigenvalue weighted by Crippen LogP contribution is 2.29. The SMILES string of the molecule is COc1ccc(S(=O)(=O)N(CC(=O)Nc2cccc(Br)c2)Cc2ccccc2)cc1Cl. The monoisotopic (exact) mass is 522 g/mol. The Labute approximate surface area is 195 Å². The number of amides is 1. The summed E-state index contributed by atoms with van der Waals surface area (Å²) in [4.78, 5) is 12.7. The zero-order chi connectivity index (χ0) is 22.4. The summed E-state index contributed by atoms with van der Waals surface area (Å²) >= 11 is 9.48. The van der Waals surface area contributed by atoms with E-state index in [9.17, 15) is 13.2 Å². The van der Waals surface area contributed by atoms with Crippen molar-refractivity contribution in [3.63, 3.8) is 0 Å². The third-order valence-corrected chi connectivity index (χ3v) is 6.97. The van der Waals surface area contributed by atoms with Crippen LogP contribution >= 0.6 is 27.5 Å². The average Bonchev–Trinajstić information content (AvgIpc) is 2.74. The smallest absolute Gasteiger partial charge is 0.243 e. The minimum absolute atomic E-state index is 0.0236. The summed E-state index contributed by atoms with van der Waals surface area (Å²) in [7, 11) is -2.57. The second-order valence-corrected chi connectivity index (χ2v) is 9.87. The van der Waals surface area contributed by atoms with Crippen LogP contribution in [0, 0.1) is 0 Å². The van der Waals surface area contributed by atoms with Gasteiger partial charge in [0.15, 0.2) is 0 Å². The predicted octanol–water partition coefficient (Wildman–Crippen LogP) is 4.94. The molecule has 0 radical (unpaired) electrons. The Hall–Kier alpha value is -2.39. The van der Waals surface area contributed by atoms with Gasteiger partial charge >= 0.3 is 0 Å². The van der Waals surface area contributed by atoms with Gasteiger partial charge < -0.3 is 10.1 Å². The number of sulfonamides is 1. The Morgan fingerprint density at radius 2 is 1.81 bits per heavy atom. The van der Waals surface area contributed by atoms with Crippen molar-refractivity contribution in [2.45, 2.75) is 11.4 Å². The van der Waals surface area contributed by atoms with Gasteiger partial charge in [0.25, 0.3) is 0 Å². The first kappa shape index (κ1) is 23.3. The van der Waals surface area contributed by atoms with E-state index in [-0.39, 0.29) is 23.0 Å². The van der Waals surface area contributed by atoms with Crippen molar-refractivity contribution in [1.82, 2.24) is 4.31 Å². The van der Waals surface area contributed by atoms with E-state index >= 15 is 0 Å². The molecule has 0 unspecified atom stereocenters. The van der Waals surface area contributed by atoms with E-state index < -0.39 is 15.9 Å². The molecule has 6 nitrogen and oxygen atoms in total. The topological polar surface area (TPSA) is 75.7 Å². The Kier molecular flexibility index (Phi) is 7.72. The summed E-state index contributed by atoms with van der Waals surface area (Å²) < 4.78 is 33.8. The Bertz CT molecular complexity index is 1170. The standard InChI is InChI=1S/C22H20BrClN2O4S/c1-30-21-11-10-19(13-20(21)24)31(28,29)26(14-16-6-3-2-4-7-16)15-22(27)25-18-9-5-8-17(23)12-18/h2-13H,14-15H2,1H3,(H,25,27). The van der Waals surface area contributed by atoms with Crippen molar-refractivity contribution in [2.24, 2.45) is 0 Å². The van der Waals surface area contributed by atoms with E-state index in [0.717, 1.165) is 14.3 Å². The number of hydrogen-bond donors (Lipinski definition) is 1. The summed E-state index contributed by atoms with van der Waals surface area (Å²) in [6.07, 6.45) is 0. The molecular formula is C22H20BrClN2O4S. The maximum atomic E-state index is 13.4. The van der Waals surface area contributed by atoms with Crippen molar-refractivity contribution in [3.8, 4) is 5.75 Å². The Balaban J connectivity index is 1.89. The van der Waals surface area contributed by atoms with Crippen LogP contribution in [0.15, 0.2) is 82.2 Å². The number of rotatable bonds is 8. The fourth-order valence-corrected chi connectivity index (χ4v) is 5.03. The van der Waals surface area contributed by atoms with Crippen molar-refractivity contribution < 1.29 is 17.9 Å². The molecule has 1 amide bonds. The zero-order valence-electron chi connectivity index (χ0n) is 16.6. The van der Waals surface area contributed by atoms with E-state index in [4.69, 9.17) is 16.3 Å². The molecule has 31 heavy (non-hydrogen) atoms. The molecule has 0 aliphatic heterocycles. The minimum Gasteiger partial charge on any atom is -0.495 e. The largest absolute Gasteiger partial charge is 0.495 e. The number of benzene rings is 3. The third-order valence-electron chi connectivity index (χ3n) is 4.39. The van der Waals surface area contributed by atoms with Gasteiger partial charge in [0.1, 0.15) is 5.75 Å². The highest BCUT2D eigenvalue weighted by atomic mass is 79.9. The molecule has 0 saturated heterocycles. The summed E-state index contributed by atoms with van der Waals surface area (Å²) in [6, 6.07) is 20.3. The van der Waals surface area contributed by atoms with Crippen LogP contribution in [-0.4, -0.2) is 32.3 Å². The normalized spacial score (nSPS) is 11.4. The quantitative estimate of drug-likeness (QED) is 0.454. The molecule has 0 spiro atoms. The van der Waals surface area contributed by atoms with Gasteiger partial charge in [-0.2, -0.15) is 4.31 Å². The molecule has 3 aromatic rings. The summed E-state index contributed by atoms with van der Waals surface area (Å²) in [5.74, 6) is -0.0974. The van der Waals surface area contributed by atoms with Crippen LogP contribution in [0.4, 0.5) is 5.69 Å². The van der Waals surface area contributed by atoms with Gasteiger partial charge in [0, 0.05) is 16.7 Å². The number of halogens is 2. The molecule has 0 aliphatic carbocycles. The van der Waals surface area contributed by atoms with Gasteiger partial charge in [0.05, 0.1) is 23.6 Å². The number of carbonyl (C=O) groups excluding carboxylic acids is 1. The van der Waals surface area contributed by atoms with Crippen LogP contribution in [-0.2, 0) is 21.4 Å². The molecule has 0 atom stereocenters. The third kappa shape index (κ3) is 6.07. The highest BCUT2D eigenvalue weighted by molar-refractivity contribution is 9.10. The van der Waals surface area contributed by atoms with E-state index in [1.807, 2.05) is 24.3 Å². The van der Waals surface area contributed by atoms with Crippen molar-refractivity contribution >= 4 is 49.1 Å². The number of nitrogens with zero attached hydrogens (tertiary/aromatic N) is 1. The Morgan fingerprint density at radius 3 is 2.45 bits per heavy atom. The zero-order valence-corrected chi connectivity index (χ0v) is 19.7. The van der Waals surface area contributed by atoms with E-state index in [2.05, 4.69) is 21.2 Å². The van der Waals surface area contributed by atoms with Gasteiger partial charge in [-0.15, -0.1) is 0 Å². The fourth-order valence-electron chi connectivity index (χ4n) is 2.90. The number of methoxy groups -OCH3 is 1. The van der Waals surface area contributed by atoms with Crippen molar-refractivity contribution in [2.75, 3.05) is 19.0 Å².